The molecule has 0 N–H and O–H groups in total. The van der Waals surface area contributed by atoms with E-state index in [1.54, 1.807) is 10.6 Å². The second-order valence-electron chi connectivity index (χ2n) is 7.14. The fraction of sp³-hybridized carbons (Fsp3) is 0.261. The standard InChI is InChI=1S/C23H21NO6/c1-4-16-15(9-14-8-6-5-7-13(14)2)11-24-19(16)10-17-18(21(24)25)12-29-22(26)20(17)30-23(27)28-3/h4-10,20H,11-12H2,1-3H3/b15-9-,16-4+. The number of nitrogens with zero attached hydrogens (tertiary/aromatic N) is 1. The summed E-state index contributed by atoms with van der Waals surface area (Å²) < 4.78 is 16.3. The van der Waals surface area contributed by atoms with E-state index in [1.165, 1.54) is 0 Å². The quantitative estimate of drug-likeness (QED) is 0.708. The summed E-state index contributed by atoms with van der Waals surface area (Å²) in [5.41, 5.74) is 5.15. The Balaban J connectivity index is 1.83. The summed E-state index contributed by atoms with van der Waals surface area (Å²) >= 11 is 0. The van der Waals surface area contributed by atoms with Crippen molar-refractivity contribution in [3.05, 3.63) is 80.3 Å². The summed E-state index contributed by atoms with van der Waals surface area (Å²) in [4.78, 5) is 37.0. The SMILES string of the molecule is C/C=C1\C(=C/c2ccccc2C)Cn2c1cc1c(c2=O)COC(=O)C1OC(=O)OC. The molecule has 7 heteroatoms. The molecular weight excluding hydrogens is 386 g/mol. The highest BCUT2D eigenvalue weighted by molar-refractivity contribution is 5.87. The lowest BCUT2D eigenvalue weighted by Crippen LogP contribution is -2.34. The van der Waals surface area contributed by atoms with E-state index in [2.05, 4.69) is 10.8 Å². The summed E-state index contributed by atoms with van der Waals surface area (Å²) in [6, 6.07) is 9.75. The zero-order chi connectivity index (χ0) is 21.4. The topological polar surface area (TPSA) is 83.8 Å². The van der Waals surface area contributed by atoms with Crippen molar-refractivity contribution in [1.29, 1.82) is 0 Å². The number of hydrogen-bond donors (Lipinski definition) is 0. The highest BCUT2D eigenvalue weighted by atomic mass is 16.7. The summed E-state index contributed by atoms with van der Waals surface area (Å²) in [6.45, 7) is 4.19. The van der Waals surface area contributed by atoms with Gasteiger partial charge in [0, 0.05) is 5.56 Å². The first-order valence-corrected chi connectivity index (χ1v) is 9.55. The first-order valence-electron chi connectivity index (χ1n) is 9.55. The lowest BCUT2D eigenvalue weighted by Gasteiger charge is -2.24. The molecule has 2 aliphatic rings. The van der Waals surface area contributed by atoms with Crippen LogP contribution in [0.3, 0.4) is 0 Å². The number of pyridine rings is 1. The molecule has 154 valence electrons. The molecule has 0 radical (unpaired) electrons. The van der Waals surface area contributed by atoms with Crippen LogP contribution >= 0.6 is 0 Å². The molecule has 1 atom stereocenters. The van der Waals surface area contributed by atoms with Gasteiger partial charge in [-0.05, 0) is 48.3 Å². The average Bonchev–Trinajstić information content (AvgIpc) is 3.09. The first-order chi connectivity index (χ1) is 14.4. The van der Waals surface area contributed by atoms with Crippen LogP contribution in [-0.2, 0) is 32.2 Å². The van der Waals surface area contributed by atoms with Crippen LogP contribution in [0, 0.1) is 6.92 Å². The fourth-order valence-electron chi connectivity index (χ4n) is 3.88. The minimum Gasteiger partial charge on any atom is -0.458 e. The molecule has 0 fully saturated rings. The lowest BCUT2D eigenvalue weighted by atomic mass is 9.97. The predicted octanol–water partition coefficient (Wildman–Crippen LogP) is 3.54. The van der Waals surface area contributed by atoms with Gasteiger partial charge < -0.3 is 18.8 Å². The molecule has 0 bridgehead atoms. The van der Waals surface area contributed by atoms with Gasteiger partial charge in [0.25, 0.3) is 5.56 Å². The van der Waals surface area contributed by atoms with Crippen LogP contribution in [0.15, 0.2) is 46.8 Å². The minimum atomic E-state index is -1.33. The van der Waals surface area contributed by atoms with Crippen molar-refractivity contribution in [3.8, 4) is 0 Å². The molecule has 0 saturated carbocycles. The number of fused-ring (bicyclic) bond motifs is 2. The van der Waals surface area contributed by atoms with Crippen LogP contribution in [-0.4, -0.2) is 23.8 Å². The molecule has 0 saturated heterocycles. The summed E-state index contributed by atoms with van der Waals surface area (Å²) in [5.74, 6) is -0.729. The number of cyclic esters (lactones) is 1. The van der Waals surface area contributed by atoms with E-state index in [4.69, 9.17) is 9.47 Å². The van der Waals surface area contributed by atoms with Crippen LogP contribution in [0.1, 0.15) is 41.0 Å². The molecule has 0 amide bonds. The Labute approximate surface area is 173 Å². The molecule has 2 aromatic rings. The van der Waals surface area contributed by atoms with Crippen LogP contribution in [0.25, 0.3) is 11.6 Å². The molecule has 30 heavy (non-hydrogen) atoms. The van der Waals surface area contributed by atoms with E-state index in [-0.39, 0.29) is 12.2 Å². The van der Waals surface area contributed by atoms with Crippen LogP contribution in [0.5, 0.6) is 0 Å². The molecule has 1 aromatic heterocycles. The van der Waals surface area contributed by atoms with Crippen molar-refractivity contribution < 1.29 is 23.8 Å². The van der Waals surface area contributed by atoms with Crippen LogP contribution < -0.4 is 5.56 Å². The summed E-state index contributed by atoms with van der Waals surface area (Å²) in [5, 5.41) is 0. The van der Waals surface area contributed by atoms with Crippen molar-refractivity contribution in [2.24, 2.45) is 0 Å². The third-order valence-corrected chi connectivity index (χ3v) is 5.43. The molecular formula is C23H21NO6. The van der Waals surface area contributed by atoms with Crippen molar-refractivity contribution >= 4 is 23.8 Å². The third kappa shape index (κ3) is 3.22. The maximum Gasteiger partial charge on any atom is 0.509 e. The predicted molar refractivity (Wildman–Crippen MR) is 110 cm³/mol. The number of rotatable bonds is 2. The Morgan fingerprint density at radius 2 is 2.03 bits per heavy atom. The molecule has 7 nitrogen and oxygen atoms in total. The van der Waals surface area contributed by atoms with E-state index in [0.717, 1.165) is 29.4 Å². The van der Waals surface area contributed by atoms with E-state index in [9.17, 15) is 14.4 Å². The summed E-state index contributed by atoms with van der Waals surface area (Å²) in [7, 11) is 1.15. The molecule has 2 aliphatic heterocycles. The van der Waals surface area contributed by atoms with Crippen LogP contribution in [0.2, 0.25) is 0 Å². The number of methoxy groups -OCH3 is 1. The van der Waals surface area contributed by atoms with Crippen molar-refractivity contribution in [3.63, 3.8) is 0 Å². The Morgan fingerprint density at radius 3 is 2.73 bits per heavy atom. The monoisotopic (exact) mass is 407 g/mol. The van der Waals surface area contributed by atoms with E-state index >= 15 is 0 Å². The first kappa shape index (κ1) is 19.7. The number of esters is 1. The van der Waals surface area contributed by atoms with Gasteiger partial charge in [0.2, 0.25) is 6.10 Å². The van der Waals surface area contributed by atoms with Gasteiger partial charge in [-0.2, -0.15) is 0 Å². The Bertz CT molecular complexity index is 1170. The number of carbonyl (C=O) groups is 2. The van der Waals surface area contributed by atoms with Gasteiger partial charge in [-0.25, -0.2) is 9.59 Å². The highest BCUT2D eigenvalue weighted by Gasteiger charge is 2.37. The van der Waals surface area contributed by atoms with E-state index < -0.39 is 18.2 Å². The molecule has 1 unspecified atom stereocenters. The number of allylic oxidation sites excluding steroid dienone is 3. The minimum absolute atomic E-state index is 0.156. The Morgan fingerprint density at radius 1 is 1.27 bits per heavy atom. The fourth-order valence-corrected chi connectivity index (χ4v) is 3.88. The maximum atomic E-state index is 13.2. The maximum absolute atomic E-state index is 13.2. The van der Waals surface area contributed by atoms with Crippen LogP contribution in [0.4, 0.5) is 4.79 Å². The number of hydrogen-bond acceptors (Lipinski definition) is 6. The number of benzene rings is 1. The summed E-state index contributed by atoms with van der Waals surface area (Å²) in [6.07, 6.45) is 1.66. The normalized spacial score (nSPS) is 20.0. The second kappa shape index (κ2) is 7.67. The molecule has 3 heterocycles. The van der Waals surface area contributed by atoms with Crippen molar-refractivity contribution in [2.45, 2.75) is 33.1 Å². The number of carbonyl (C=O) groups excluding carboxylic acids is 2. The second-order valence-corrected chi connectivity index (χ2v) is 7.14. The zero-order valence-electron chi connectivity index (χ0n) is 16.9. The average molecular weight is 407 g/mol. The smallest absolute Gasteiger partial charge is 0.458 e. The number of ether oxygens (including phenoxy) is 3. The number of aryl methyl sites for hydroxylation is 1. The van der Waals surface area contributed by atoms with Crippen molar-refractivity contribution in [1.82, 2.24) is 4.57 Å². The van der Waals surface area contributed by atoms with E-state index in [1.807, 2.05) is 44.2 Å². The van der Waals surface area contributed by atoms with Crippen molar-refractivity contribution in [2.75, 3.05) is 7.11 Å². The largest absolute Gasteiger partial charge is 0.509 e. The molecule has 0 spiro atoms. The van der Waals surface area contributed by atoms with Gasteiger partial charge in [-0.1, -0.05) is 30.3 Å². The molecule has 1 aromatic carbocycles. The Kier molecular flexibility index (Phi) is 5.03. The van der Waals surface area contributed by atoms with Gasteiger partial charge in [-0.15, -0.1) is 0 Å². The third-order valence-electron chi connectivity index (χ3n) is 5.43. The number of aromatic nitrogens is 1. The van der Waals surface area contributed by atoms with Gasteiger partial charge in [0.1, 0.15) is 6.61 Å². The van der Waals surface area contributed by atoms with Gasteiger partial charge >= 0.3 is 12.1 Å². The van der Waals surface area contributed by atoms with Gasteiger partial charge in [0.15, 0.2) is 0 Å². The van der Waals surface area contributed by atoms with E-state index in [0.29, 0.717) is 23.4 Å². The molecule has 4 rings (SSSR count). The lowest BCUT2D eigenvalue weighted by molar-refractivity contribution is -0.159. The van der Waals surface area contributed by atoms with Gasteiger partial charge in [-0.3, -0.25) is 4.79 Å². The Hall–Kier alpha value is -3.61. The zero-order valence-corrected chi connectivity index (χ0v) is 16.9. The van der Waals surface area contributed by atoms with Gasteiger partial charge in [0.05, 0.1) is 24.9 Å². The molecule has 0 aliphatic carbocycles. The highest BCUT2D eigenvalue weighted by Crippen LogP contribution is 2.36.